The molecule has 0 unspecified atom stereocenters. The summed E-state index contributed by atoms with van der Waals surface area (Å²) in [7, 11) is 0. The molecule has 2 aromatic heterocycles. The van der Waals surface area contributed by atoms with Crippen LogP contribution in [0, 0.1) is 13.8 Å². The van der Waals surface area contributed by atoms with Crippen LogP contribution in [0.15, 0.2) is 35.1 Å². The van der Waals surface area contributed by atoms with Gasteiger partial charge in [-0.2, -0.15) is 5.10 Å². The minimum absolute atomic E-state index is 0.0647. The number of carbonyl (C=O) groups excluding carboxylic acids is 1. The first-order chi connectivity index (χ1) is 12.4. The molecule has 2 heterocycles. The SMILES string of the molecule is Cc1cc(C)n([C@H](C)CNC(=O)CCc2nc3ccccc3[nH]c2=O)n1. The van der Waals surface area contributed by atoms with Gasteiger partial charge in [0.25, 0.3) is 5.56 Å². The fraction of sp³-hybridized carbons (Fsp3) is 0.368. The average molecular weight is 353 g/mol. The molecule has 0 bridgehead atoms. The highest BCUT2D eigenvalue weighted by atomic mass is 16.1. The van der Waals surface area contributed by atoms with Gasteiger partial charge in [0.15, 0.2) is 0 Å². The van der Waals surface area contributed by atoms with Gasteiger partial charge in [0.2, 0.25) is 5.91 Å². The number of nitrogens with one attached hydrogen (secondary N) is 2. The zero-order valence-electron chi connectivity index (χ0n) is 15.2. The van der Waals surface area contributed by atoms with Crippen molar-refractivity contribution in [2.24, 2.45) is 0 Å². The van der Waals surface area contributed by atoms with Crippen LogP contribution in [0.3, 0.4) is 0 Å². The van der Waals surface area contributed by atoms with Crippen molar-refractivity contribution in [3.05, 3.63) is 57.8 Å². The fourth-order valence-electron chi connectivity index (χ4n) is 3.00. The highest BCUT2D eigenvalue weighted by Crippen LogP contribution is 2.10. The largest absolute Gasteiger partial charge is 0.354 e. The standard InChI is InChI=1S/C19H23N5O2/c1-12-10-13(2)24(23-12)14(3)11-20-18(25)9-8-17-19(26)22-16-7-5-4-6-15(16)21-17/h4-7,10,14H,8-9,11H2,1-3H3,(H,20,25)(H,22,26)/t14-/m1/s1. The molecule has 1 amide bonds. The van der Waals surface area contributed by atoms with Crippen molar-refractivity contribution in [1.29, 1.82) is 0 Å². The number of para-hydroxylation sites is 2. The Labute approximate surface area is 151 Å². The van der Waals surface area contributed by atoms with Gasteiger partial charge < -0.3 is 10.3 Å². The van der Waals surface area contributed by atoms with Gasteiger partial charge >= 0.3 is 0 Å². The van der Waals surface area contributed by atoms with Crippen LogP contribution in [0.4, 0.5) is 0 Å². The summed E-state index contributed by atoms with van der Waals surface area (Å²) in [5, 5.41) is 7.34. The predicted molar refractivity (Wildman–Crippen MR) is 100 cm³/mol. The van der Waals surface area contributed by atoms with E-state index in [4.69, 9.17) is 0 Å². The molecule has 0 spiro atoms. The van der Waals surface area contributed by atoms with Crippen LogP contribution < -0.4 is 10.9 Å². The molecule has 136 valence electrons. The number of benzene rings is 1. The minimum atomic E-state index is -0.243. The monoisotopic (exact) mass is 353 g/mol. The molecule has 2 N–H and O–H groups in total. The summed E-state index contributed by atoms with van der Waals surface area (Å²) >= 11 is 0. The van der Waals surface area contributed by atoms with Crippen molar-refractivity contribution < 1.29 is 4.79 Å². The lowest BCUT2D eigenvalue weighted by molar-refractivity contribution is -0.121. The molecule has 1 atom stereocenters. The van der Waals surface area contributed by atoms with Crippen molar-refractivity contribution >= 4 is 16.9 Å². The van der Waals surface area contributed by atoms with Crippen molar-refractivity contribution in [2.45, 2.75) is 39.7 Å². The van der Waals surface area contributed by atoms with E-state index in [0.717, 1.165) is 16.9 Å². The maximum Gasteiger partial charge on any atom is 0.270 e. The summed E-state index contributed by atoms with van der Waals surface area (Å²) < 4.78 is 1.91. The van der Waals surface area contributed by atoms with Crippen molar-refractivity contribution in [2.75, 3.05) is 6.54 Å². The normalized spacial score (nSPS) is 12.3. The Morgan fingerprint density at radius 1 is 1.31 bits per heavy atom. The number of hydrogen-bond donors (Lipinski definition) is 2. The first-order valence-electron chi connectivity index (χ1n) is 8.71. The lowest BCUT2D eigenvalue weighted by Crippen LogP contribution is -2.31. The van der Waals surface area contributed by atoms with E-state index >= 15 is 0 Å². The number of aromatic nitrogens is 4. The summed E-state index contributed by atoms with van der Waals surface area (Å²) in [5.74, 6) is -0.104. The first kappa shape index (κ1) is 17.8. The average Bonchev–Trinajstić information content (AvgIpc) is 2.96. The van der Waals surface area contributed by atoms with Crippen molar-refractivity contribution in [3.8, 4) is 0 Å². The lowest BCUT2D eigenvalue weighted by Gasteiger charge is -2.15. The fourth-order valence-corrected chi connectivity index (χ4v) is 3.00. The number of H-pyrrole nitrogens is 1. The Bertz CT molecular complexity index is 989. The molecular weight excluding hydrogens is 330 g/mol. The molecule has 26 heavy (non-hydrogen) atoms. The molecule has 1 aromatic carbocycles. The van der Waals surface area contributed by atoms with E-state index in [0.29, 0.717) is 24.2 Å². The molecule has 3 aromatic rings. The number of amides is 1. The highest BCUT2D eigenvalue weighted by Gasteiger charge is 2.12. The Morgan fingerprint density at radius 3 is 2.81 bits per heavy atom. The molecule has 7 heteroatoms. The second-order valence-corrected chi connectivity index (χ2v) is 6.55. The highest BCUT2D eigenvalue weighted by molar-refractivity contribution is 5.76. The smallest absolute Gasteiger partial charge is 0.270 e. The number of aromatic amines is 1. The van der Waals surface area contributed by atoms with E-state index in [1.807, 2.05) is 49.7 Å². The zero-order valence-corrected chi connectivity index (χ0v) is 15.2. The molecule has 0 aliphatic rings. The summed E-state index contributed by atoms with van der Waals surface area (Å²) in [6.07, 6.45) is 0.526. The molecular formula is C19H23N5O2. The Morgan fingerprint density at radius 2 is 2.08 bits per heavy atom. The zero-order chi connectivity index (χ0) is 18.7. The van der Waals surface area contributed by atoms with Crippen LogP contribution in [0.1, 0.15) is 36.5 Å². The second-order valence-electron chi connectivity index (χ2n) is 6.55. The number of rotatable bonds is 6. The quantitative estimate of drug-likeness (QED) is 0.709. The van der Waals surface area contributed by atoms with Gasteiger partial charge in [0.05, 0.1) is 22.8 Å². The molecule has 0 fully saturated rings. The number of carbonyl (C=O) groups is 1. The van der Waals surface area contributed by atoms with Gasteiger partial charge in [-0.05, 0) is 39.0 Å². The van der Waals surface area contributed by atoms with Crippen molar-refractivity contribution in [3.63, 3.8) is 0 Å². The number of nitrogens with zero attached hydrogens (tertiary/aromatic N) is 3. The first-order valence-corrected chi connectivity index (χ1v) is 8.71. The lowest BCUT2D eigenvalue weighted by atomic mass is 10.2. The third-order valence-corrected chi connectivity index (χ3v) is 4.32. The number of fused-ring (bicyclic) bond motifs is 1. The minimum Gasteiger partial charge on any atom is -0.354 e. The third kappa shape index (κ3) is 3.99. The van der Waals surface area contributed by atoms with Gasteiger partial charge in [0.1, 0.15) is 5.69 Å². The summed E-state index contributed by atoms with van der Waals surface area (Å²) in [6, 6.07) is 9.43. The molecule has 7 nitrogen and oxygen atoms in total. The third-order valence-electron chi connectivity index (χ3n) is 4.32. The van der Waals surface area contributed by atoms with E-state index in [2.05, 4.69) is 20.4 Å². The summed E-state index contributed by atoms with van der Waals surface area (Å²) in [5.41, 5.74) is 3.58. The molecule has 0 saturated carbocycles. The Hall–Kier alpha value is -2.96. The van der Waals surface area contributed by atoms with Gasteiger partial charge in [-0.25, -0.2) is 4.98 Å². The van der Waals surface area contributed by atoms with Crippen LogP contribution in [0.2, 0.25) is 0 Å². The van der Waals surface area contributed by atoms with Crippen LogP contribution in [-0.4, -0.2) is 32.2 Å². The van der Waals surface area contributed by atoms with Gasteiger partial charge in [-0.15, -0.1) is 0 Å². The predicted octanol–water partition coefficient (Wildman–Crippen LogP) is 2.05. The molecule has 0 radical (unpaired) electrons. The van der Waals surface area contributed by atoms with Gasteiger partial charge in [-0.1, -0.05) is 12.1 Å². The Balaban J connectivity index is 1.56. The summed E-state index contributed by atoms with van der Waals surface area (Å²) in [4.78, 5) is 31.4. The van der Waals surface area contributed by atoms with Crippen LogP contribution in [-0.2, 0) is 11.2 Å². The maximum atomic E-state index is 12.1. The van der Waals surface area contributed by atoms with E-state index in [1.54, 1.807) is 6.07 Å². The maximum absolute atomic E-state index is 12.1. The Kier molecular flexibility index (Phi) is 5.16. The molecule has 0 aliphatic carbocycles. The number of aryl methyl sites for hydroxylation is 3. The van der Waals surface area contributed by atoms with Crippen LogP contribution >= 0.6 is 0 Å². The second kappa shape index (κ2) is 7.51. The molecule has 0 aliphatic heterocycles. The summed E-state index contributed by atoms with van der Waals surface area (Å²) in [6.45, 7) is 6.44. The van der Waals surface area contributed by atoms with Gasteiger partial charge in [-0.3, -0.25) is 14.3 Å². The van der Waals surface area contributed by atoms with Crippen LogP contribution in [0.25, 0.3) is 11.0 Å². The van der Waals surface area contributed by atoms with E-state index in [-0.39, 0.29) is 23.9 Å². The topological polar surface area (TPSA) is 92.7 Å². The van der Waals surface area contributed by atoms with E-state index in [1.165, 1.54) is 0 Å². The van der Waals surface area contributed by atoms with E-state index in [9.17, 15) is 9.59 Å². The van der Waals surface area contributed by atoms with Crippen molar-refractivity contribution in [1.82, 2.24) is 25.1 Å². The van der Waals surface area contributed by atoms with Gasteiger partial charge in [0, 0.05) is 25.1 Å². The van der Waals surface area contributed by atoms with Crippen LogP contribution in [0.5, 0.6) is 0 Å². The molecule has 0 saturated heterocycles. The molecule has 3 rings (SSSR count). The van der Waals surface area contributed by atoms with E-state index < -0.39 is 0 Å². The number of hydrogen-bond acceptors (Lipinski definition) is 4.